The number of benzene rings is 3. The van der Waals surface area contributed by atoms with Crippen LogP contribution in [0, 0.1) is 11.6 Å². The molecule has 0 aliphatic heterocycles. The second-order valence-electron chi connectivity index (χ2n) is 9.97. The second kappa shape index (κ2) is 15.3. The SMILES string of the molecule is CSCC[C@H](NC(=O)c1cc(CCNCC(c2ccc(F)cc2)c2ncc[nH]2)ccc1Cc1ccc(F)cc1)C(=O)O. The molecule has 1 unspecified atom stereocenters. The minimum absolute atomic E-state index is 0.103. The number of carbonyl (C=O) groups is 2. The fraction of sp³-hybridized carbons (Fsp3) is 0.281. The molecule has 42 heavy (non-hydrogen) atoms. The van der Waals surface area contributed by atoms with Crippen LogP contribution in [0.3, 0.4) is 0 Å². The standard InChI is InChI=1S/C32H34F2N4O3S/c1-42-17-13-29(32(40)41)38-31(39)27-19-22(2-5-24(27)18-21-3-8-25(33)9-4-21)12-14-35-20-28(30-36-15-16-37-30)23-6-10-26(34)11-7-23/h2-11,15-16,19,28-29,35H,12-14,17-18,20H2,1H3,(H,36,37)(H,38,39)(H,40,41)/t28?,29-/m0/s1. The first-order chi connectivity index (χ1) is 20.3. The fourth-order valence-electron chi connectivity index (χ4n) is 4.71. The van der Waals surface area contributed by atoms with Crippen molar-refractivity contribution in [2.75, 3.05) is 25.1 Å². The highest BCUT2D eigenvalue weighted by Gasteiger charge is 2.22. The van der Waals surface area contributed by atoms with E-state index in [0.717, 1.165) is 28.1 Å². The van der Waals surface area contributed by atoms with E-state index in [1.807, 2.05) is 18.4 Å². The average molecular weight is 593 g/mol. The van der Waals surface area contributed by atoms with Crippen LogP contribution in [0.1, 0.15) is 50.8 Å². The predicted octanol–water partition coefficient (Wildman–Crippen LogP) is 5.18. The van der Waals surface area contributed by atoms with Crippen LogP contribution in [0.5, 0.6) is 0 Å². The minimum atomic E-state index is -1.08. The van der Waals surface area contributed by atoms with E-state index in [1.54, 1.807) is 42.7 Å². The van der Waals surface area contributed by atoms with Gasteiger partial charge in [0.2, 0.25) is 0 Å². The van der Waals surface area contributed by atoms with Gasteiger partial charge in [-0.2, -0.15) is 11.8 Å². The van der Waals surface area contributed by atoms with Crippen LogP contribution in [-0.4, -0.2) is 58.1 Å². The van der Waals surface area contributed by atoms with E-state index in [1.165, 1.54) is 36.0 Å². The Bertz CT molecular complexity index is 1450. The van der Waals surface area contributed by atoms with E-state index in [2.05, 4.69) is 20.6 Å². The number of rotatable bonds is 15. The maximum Gasteiger partial charge on any atom is 0.326 e. The van der Waals surface area contributed by atoms with Crippen molar-refractivity contribution >= 4 is 23.6 Å². The molecule has 3 aromatic carbocycles. The molecule has 4 rings (SSSR count). The van der Waals surface area contributed by atoms with Gasteiger partial charge in [-0.3, -0.25) is 4.79 Å². The second-order valence-corrected chi connectivity index (χ2v) is 11.0. The number of carbonyl (C=O) groups excluding carboxylic acids is 1. The summed E-state index contributed by atoms with van der Waals surface area (Å²) in [7, 11) is 0. The van der Waals surface area contributed by atoms with Gasteiger partial charge in [0, 0.05) is 24.5 Å². The molecule has 0 saturated heterocycles. The van der Waals surface area contributed by atoms with Gasteiger partial charge in [0.25, 0.3) is 5.91 Å². The summed E-state index contributed by atoms with van der Waals surface area (Å²) < 4.78 is 26.9. The number of thioether (sulfide) groups is 1. The molecule has 4 aromatic rings. The number of halogens is 2. The molecule has 2 atom stereocenters. The summed E-state index contributed by atoms with van der Waals surface area (Å²) in [4.78, 5) is 32.7. The average Bonchev–Trinajstić information content (AvgIpc) is 3.52. The maximum absolute atomic E-state index is 13.5. The number of aromatic amines is 1. The molecule has 220 valence electrons. The monoisotopic (exact) mass is 592 g/mol. The van der Waals surface area contributed by atoms with Crippen LogP contribution < -0.4 is 10.6 Å². The van der Waals surface area contributed by atoms with Gasteiger partial charge in [0.15, 0.2) is 0 Å². The summed E-state index contributed by atoms with van der Waals surface area (Å²) in [6, 6.07) is 17.1. The molecule has 1 heterocycles. The van der Waals surface area contributed by atoms with E-state index in [0.29, 0.717) is 43.7 Å². The number of H-pyrrole nitrogens is 1. The number of nitrogens with zero attached hydrogens (tertiary/aromatic N) is 1. The first-order valence-electron chi connectivity index (χ1n) is 13.7. The van der Waals surface area contributed by atoms with Gasteiger partial charge in [-0.25, -0.2) is 18.6 Å². The highest BCUT2D eigenvalue weighted by molar-refractivity contribution is 7.98. The van der Waals surface area contributed by atoms with Crippen LogP contribution >= 0.6 is 11.8 Å². The van der Waals surface area contributed by atoms with E-state index in [9.17, 15) is 23.5 Å². The third-order valence-electron chi connectivity index (χ3n) is 7.00. The van der Waals surface area contributed by atoms with Crippen molar-refractivity contribution in [2.45, 2.75) is 31.2 Å². The molecular formula is C32H34F2N4O3S. The van der Waals surface area contributed by atoms with Gasteiger partial charge in [0.1, 0.15) is 23.5 Å². The molecule has 0 aliphatic carbocycles. The Labute approximate surface area is 248 Å². The Morgan fingerprint density at radius 1 is 1.00 bits per heavy atom. The molecule has 7 nitrogen and oxygen atoms in total. The number of imidazole rings is 1. The Hall–Kier alpha value is -4.02. The Kier molecular flexibility index (Phi) is 11.2. The number of hydrogen-bond acceptors (Lipinski definition) is 5. The van der Waals surface area contributed by atoms with Crippen molar-refractivity contribution in [3.63, 3.8) is 0 Å². The Morgan fingerprint density at radius 2 is 1.69 bits per heavy atom. The summed E-state index contributed by atoms with van der Waals surface area (Å²) in [6.45, 7) is 1.16. The Balaban J connectivity index is 1.48. The van der Waals surface area contributed by atoms with Crippen molar-refractivity contribution in [1.82, 2.24) is 20.6 Å². The highest BCUT2D eigenvalue weighted by atomic mass is 32.2. The first kappa shape index (κ1) is 30.9. The Morgan fingerprint density at radius 3 is 2.33 bits per heavy atom. The number of carboxylic acids is 1. The highest BCUT2D eigenvalue weighted by Crippen LogP contribution is 2.22. The van der Waals surface area contributed by atoms with Gasteiger partial charge in [-0.15, -0.1) is 0 Å². The normalized spacial score (nSPS) is 12.5. The fourth-order valence-corrected chi connectivity index (χ4v) is 5.18. The zero-order valence-corrected chi connectivity index (χ0v) is 24.1. The van der Waals surface area contributed by atoms with E-state index in [-0.39, 0.29) is 17.6 Å². The van der Waals surface area contributed by atoms with Gasteiger partial charge >= 0.3 is 5.97 Å². The summed E-state index contributed by atoms with van der Waals surface area (Å²) in [5, 5.41) is 15.8. The van der Waals surface area contributed by atoms with Gasteiger partial charge in [-0.05, 0) is 90.4 Å². The van der Waals surface area contributed by atoms with Crippen molar-refractivity contribution in [2.24, 2.45) is 0 Å². The third-order valence-corrected chi connectivity index (χ3v) is 7.65. The van der Waals surface area contributed by atoms with Crippen LogP contribution in [0.2, 0.25) is 0 Å². The van der Waals surface area contributed by atoms with Crippen LogP contribution in [0.25, 0.3) is 0 Å². The van der Waals surface area contributed by atoms with Crippen LogP contribution in [0.15, 0.2) is 79.1 Å². The van der Waals surface area contributed by atoms with Crippen LogP contribution in [0.4, 0.5) is 8.78 Å². The van der Waals surface area contributed by atoms with E-state index < -0.39 is 17.9 Å². The summed E-state index contributed by atoms with van der Waals surface area (Å²) in [5.74, 6) is -0.906. The molecule has 1 aromatic heterocycles. The molecule has 4 N–H and O–H groups in total. The first-order valence-corrected chi connectivity index (χ1v) is 15.1. The maximum atomic E-state index is 13.5. The number of amides is 1. The zero-order valence-electron chi connectivity index (χ0n) is 23.3. The van der Waals surface area contributed by atoms with Crippen molar-refractivity contribution < 1.29 is 23.5 Å². The quantitative estimate of drug-likeness (QED) is 0.142. The third kappa shape index (κ3) is 8.74. The number of aromatic nitrogens is 2. The molecule has 0 saturated carbocycles. The zero-order chi connectivity index (χ0) is 29.9. The summed E-state index contributed by atoms with van der Waals surface area (Å²) in [5.41, 5.74) is 3.79. The van der Waals surface area contributed by atoms with Gasteiger partial charge in [-0.1, -0.05) is 36.4 Å². The molecule has 1 amide bonds. The van der Waals surface area contributed by atoms with Crippen molar-refractivity contribution in [3.8, 4) is 0 Å². The van der Waals surface area contributed by atoms with Gasteiger partial charge < -0.3 is 20.7 Å². The van der Waals surface area contributed by atoms with Crippen LogP contribution in [-0.2, 0) is 17.6 Å². The predicted molar refractivity (Wildman–Crippen MR) is 161 cm³/mol. The number of carboxylic acid groups (broad SMARTS) is 1. The van der Waals surface area contributed by atoms with E-state index >= 15 is 0 Å². The van der Waals surface area contributed by atoms with Crippen molar-refractivity contribution in [1.29, 1.82) is 0 Å². The summed E-state index contributed by atoms with van der Waals surface area (Å²) in [6.07, 6.45) is 6.64. The molecule has 0 fully saturated rings. The van der Waals surface area contributed by atoms with Crippen molar-refractivity contribution in [3.05, 3.63) is 124 Å². The summed E-state index contributed by atoms with van der Waals surface area (Å²) >= 11 is 1.52. The number of aliphatic carboxylic acids is 1. The number of nitrogens with one attached hydrogen (secondary N) is 3. The minimum Gasteiger partial charge on any atom is -0.480 e. The lowest BCUT2D eigenvalue weighted by Crippen LogP contribution is -2.41. The lowest BCUT2D eigenvalue weighted by Gasteiger charge is -2.18. The molecule has 0 radical (unpaired) electrons. The van der Waals surface area contributed by atoms with Gasteiger partial charge in [0.05, 0.1) is 5.92 Å². The van der Waals surface area contributed by atoms with E-state index in [4.69, 9.17) is 0 Å². The topological polar surface area (TPSA) is 107 Å². The molecule has 10 heteroatoms. The molecule has 0 bridgehead atoms. The molecular weight excluding hydrogens is 558 g/mol. The largest absolute Gasteiger partial charge is 0.480 e. The smallest absolute Gasteiger partial charge is 0.326 e. The lowest BCUT2D eigenvalue weighted by atomic mass is 9.95. The number of hydrogen-bond donors (Lipinski definition) is 4. The lowest BCUT2D eigenvalue weighted by molar-refractivity contribution is -0.139. The molecule has 0 aliphatic rings. The molecule has 0 spiro atoms.